The van der Waals surface area contributed by atoms with Gasteiger partial charge in [-0.05, 0) is 73.8 Å². The number of ether oxygens (including phenoxy) is 2. The Labute approximate surface area is 196 Å². The number of imidazole rings is 1. The van der Waals surface area contributed by atoms with Gasteiger partial charge >= 0.3 is 0 Å². The summed E-state index contributed by atoms with van der Waals surface area (Å²) < 4.78 is 13.9. The van der Waals surface area contributed by atoms with Gasteiger partial charge in [0.15, 0.2) is 0 Å². The molecule has 6 nitrogen and oxygen atoms in total. The van der Waals surface area contributed by atoms with Crippen LogP contribution in [-0.2, 0) is 11.3 Å². The topological polar surface area (TPSA) is 51.6 Å². The number of likely N-dealkylation sites (N-methyl/N-ethyl adjacent to an activating group) is 1. The molecular formula is C27H34N4O2. The SMILES string of the molecule is CNC1CCN(Cc2cc(-c3ccc(C)c(OC4CCOC4)c3)cc(-n3cnc(C)c3)c2)C1. The minimum Gasteiger partial charge on any atom is -0.488 e. The maximum Gasteiger partial charge on any atom is 0.124 e. The van der Waals surface area contributed by atoms with Gasteiger partial charge in [0, 0.05) is 44.0 Å². The number of nitrogens with zero attached hydrogens (tertiary/aromatic N) is 3. The van der Waals surface area contributed by atoms with Gasteiger partial charge in [0.25, 0.3) is 0 Å². The van der Waals surface area contributed by atoms with Crippen molar-refractivity contribution in [3.63, 3.8) is 0 Å². The van der Waals surface area contributed by atoms with E-state index in [1.807, 2.05) is 13.3 Å². The molecule has 0 radical (unpaired) electrons. The van der Waals surface area contributed by atoms with E-state index in [9.17, 15) is 0 Å². The number of nitrogens with one attached hydrogen (secondary N) is 1. The van der Waals surface area contributed by atoms with Gasteiger partial charge in [-0.15, -0.1) is 0 Å². The van der Waals surface area contributed by atoms with Gasteiger partial charge in [0.1, 0.15) is 11.9 Å². The molecule has 33 heavy (non-hydrogen) atoms. The molecular weight excluding hydrogens is 412 g/mol. The van der Waals surface area contributed by atoms with Crippen LogP contribution in [0.3, 0.4) is 0 Å². The lowest BCUT2D eigenvalue weighted by Crippen LogP contribution is -2.29. The molecule has 5 rings (SSSR count). The summed E-state index contributed by atoms with van der Waals surface area (Å²) in [6, 6.07) is 14.0. The first kappa shape index (κ1) is 22.1. The van der Waals surface area contributed by atoms with Crippen LogP contribution >= 0.6 is 0 Å². The Morgan fingerprint density at radius 3 is 2.76 bits per heavy atom. The highest BCUT2D eigenvalue weighted by Gasteiger charge is 2.22. The zero-order valence-corrected chi connectivity index (χ0v) is 19.9. The Hall–Kier alpha value is -2.67. The first-order chi connectivity index (χ1) is 16.1. The number of aryl methyl sites for hydroxylation is 2. The normalized spacial score (nSPS) is 21.1. The van der Waals surface area contributed by atoms with Gasteiger partial charge in [-0.1, -0.05) is 12.1 Å². The highest BCUT2D eigenvalue weighted by Crippen LogP contribution is 2.31. The third-order valence-corrected chi connectivity index (χ3v) is 6.78. The van der Waals surface area contributed by atoms with Crippen molar-refractivity contribution in [2.45, 2.75) is 45.4 Å². The van der Waals surface area contributed by atoms with Crippen molar-refractivity contribution in [2.24, 2.45) is 0 Å². The fraction of sp³-hybridized carbons (Fsp3) is 0.444. The van der Waals surface area contributed by atoms with E-state index in [-0.39, 0.29) is 6.10 Å². The van der Waals surface area contributed by atoms with Crippen molar-refractivity contribution < 1.29 is 9.47 Å². The first-order valence-corrected chi connectivity index (χ1v) is 12.0. The molecule has 0 aliphatic carbocycles. The summed E-state index contributed by atoms with van der Waals surface area (Å²) in [5.41, 5.74) is 7.00. The summed E-state index contributed by atoms with van der Waals surface area (Å²) in [6.07, 6.45) is 6.28. The maximum atomic E-state index is 6.29. The van der Waals surface area contributed by atoms with Gasteiger partial charge in [-0.3, -0.25) is 4.90 Å². The highest BCUT2D eigenvalue weighted by molar-refractivity contribution is 5.69. The fourth-order valence-corrected chi connectivity index (χ4v) is 4.81. The lowest BCUT2D eigenvalue weighted by atomic mass is 10.00. The minimum atomic E-state index is 0.144. The molecule has 0 spiro atoms. The Bertz CT molecular complexity index is 1100. The minimum absolute atomic E-state index is 0.144. The van der Waals surface area contributed by atoms with Crippen LogP contribution in [0.25, 0.3) is 16.8 Å². The van der Waals surface area contributed by atoms with E-state index in [4.69, 9.17) is 9.47 Å². The molecule has 0 saturated carbocycles. The smallest absolute Gasteiger partial charge is 0.124 e. The predicted molar refractivity (Wildman–Crippen MR) is 131 cm³/mol. The lowest BCUT2D eigenvalue weighted by molar-refractivity contribution is 0.141. The van der Waals surface area contributed by atoms with Crippen LogP contribution in [0.15, 0.2) is 48.9 Å². The second kappa shape index (κ2) is 9.67. The van der Waals surface area contributed by atoms with Crippen LogP contribution in [0.4, 0.5) is 0 Å². The highest BCUT2D eigenvalue weighted by atomic mass is 16.5. The Balaban J connectivity index is 1.48. The van der Waals surface area contributed by atoms with Crippen LogP contribution in [0.5, 0.6) is 5.75 Å². The van der Waals surface area contributed by atoms with E-state index in [0.29, 0.717) is 12.6 Å². The average Bonchev–Trinajstić information content (AvgIpc) is 3.58. The average molecular weight is 447 g/mol. The molecule has 2 fully saturated rings. The molecule has 6 heteroatoms. The van der Waals surface area contributed by atoms with E-state index >= 15 is 0 Å². The number of hydrogen-bond donors (Lipinski definition) is 1. The molecule has 3 heterocycles. The van der Waals surface area contributed by atoms with Gasteiger partial charge < -0.3 is 19.4 Å². The largest absolute Gasteiger partial charge is 0.488 e. The van der Waals surface area contributed by atoms with Gasteiger partial charge in [0.05, 0.1) is 25.2 Å². The molecule has 2 aromatic carbocycles. The van der Waals surface area contributed by atoms with Crippen LogP contribution in [0, 0.1) is 13.8 Å². The molecule has 2 aliphatic heterocycles. The number of hydrogen-bond acceptors (Lipinski definition) is 5. The summed E-state index contributed by atoms with van der Waals surface area (Å²) in [7, 11) is 2.06. The predicted octanol–water partition coefficient (Wildman–Crippen LogP) is 4.12. The molecule has 3 aromatic rings. The Kier molecular flexibility index (Phi) is 6.49. The van der Waals surface area contributed by atoms with Crippen molar-refractivity contribution in [1.82, 2.24) is 19.8 Å². The second-order valence-electron chi connectivity index (χ2n) is 9.40. The van der Waals surface area contributed by atoms with Gasteiger partial charge in [-0.2, -0.15) is 0 Å². The van der Waals surface area contributed by atoms with Crippen LogP contribution in [-0.4, -0.2) is 59.9 Å². The summed E-state index contributed by atoms with van der Waals surface area (Å²) in [4.78, 5) is 6.98. The molecule has 2 unspecified atom stereocenters. The third-order valence-electron chi connectivity index (χ3n) is 6.78. The third kappa shape index (κ3) is 5.13. The molecule has 0 amide bonds. The first-order valence-electron chi connectivity index (χ1n) is 12.0. The zero-order valence-electron chi connectivity index (χ0n) is 19.9. The number of aromatic nitrogens is 2. The van der Waals surface area contributed by atoms with Crippen molar-refractivity contribution in [1.29, 1.82) is 0 Å². The van der Waals surface area contributed by atoms with Crippen LogP contribution in [0.1, 0.15) is 29.7 Å². The maximum absolute atomic E-state index is 6.29. The number of rotatable bonds is 7. The van der Waals surface area contributed by atoms with E-state index < -0.39 is 0 Å². The van der Waals surface area contributed by atoms with Gasteiger partial charge in [0.2, 0.25) is 0 Å². The summed E-state index contributed by atoms with van der Waals surface area (Å²) in [5.74, 6) is 0.949. The standard InChI is InChI=1S/C27H34N4O2/c1-19-4-5-22(13-27(19)33-26-7-9-32-17-26)23-10-21(15-30-8-6-24(16-30)28-3)11-25(12-23)31-14-20(2)29-18-31/h4-5,10-14,18,24,26,28H,6-9,15-17H2,1-3H3. The van der Waals surface area contributed by atoms with Crippen molar-refractivity contribution in [3.05, 3.63) is 65.7 Å². The van der Waals surface area contributed by atoms with Crippen molar-refractivity contribution in [3.8, 4) is 22.6 Å². The second-order valence-corrected chi connectivity index (χ2v) is 9.40. The van der Waals surface area contributed by atoms with E-state index in [1.54, 1.807) is 0 Å². The molecule has 2 atom stereocenters. The summed E-state index contributed by atoms with van der Waals surface area (Å²) in [6.45, 7) is 8.75. The van der Waals surface area contributed by atoms with Crippen molar-refractivity contribution in [2.75, 3.05) is 33.4 Å². The van der Waals surface area contributed by atoms with E-state index in [1.165, 1.54) is 23.1 Å². The zero-order chi connectivity index (χ0) is 22.8. The molecule has 2 saturated heterocycles. The molecule has 1 aromatic heterocycles. The molecule has 2 aliphatic rings. The van der Waals surface area contributed by atoms with Crippen LogP contribution < -0.4 is 10.1 Å². The quantitative estimate of drug-likeness (QED) is 0.592. The number of likely N-dealkylation sites (tertiary alicyclic amines) is 1. The Morgan fingerprint density at radius 2 is 2.03 bits per heavy atom. The monoisotopic (exact) mass is 446 g/mol. The fourth-order valence-electron chi connectivity index (χ4n) is 4.81. The van der Waals surface area contributed by atoms with E-state index in [2.05, 4.69) is 76.3 Å². The molecule has 174 valence electrons. The Morgan fingerprint density at radius 1 is 1.12 bits per heavy atom. The number of benzene rings is 2. The molecule has 1 N–H and O–H groups in total. The van der Waals surface area contributed by atoms with Crippen LogP contribution in [0.2, 0.25) is 0 Å². The summed E-state index contributed by atoms with van der Waals surface area (Å²) in [5, 5.41) is 3.42. The lowest BCUT2D eigenvalue weighted by Gasteiger charge is -2.19. The van der Waals surface area contributed by atoms with Gasteiger partial charge in [-0.25, -0.2) is 4.98 Å². The molecule has 0 bridgehead atoms. The summed E-state index contributed by atoms with van der Waals surface area (Å²) >= 11 is 0. The van der Waals surface area contributed by atoms with Crippen molar-refractivity contribution >= 4 is 0 Å². The van der Waals surface area contributed by atoms with E-state index in [0.717, 1.165) is 55.4 Å².